The highest BCUT2D eigenvalue weighted by Gasteiger charge is 2.17. The molecular formula is C14H22N2O4. The maximum atomic E-state index is 11.7. The molecule has 0 saturated heterocycles. The Morgan fingerprint density at radius 2 is 2.00 bits per heavy atom. The molecular weight excluding hydrogens is 260 g/mol. The second-order valence-electron chi connectivity index (χ2n) is 5.59. The Balaban J connectivity index is 2.51. The zero-order valence-electron chi connectivity index (χ0n) is 12.6. The molecule has 0 aliphatic heterocycles. The van der Waals surface area contributed by atoms with Crippen molar-refractivity contribution in [3.8, 4) is 0 Å². The molecule has 0 aliphatic carbocycles. The van der Waals surface area contributed by atoms with E-state index in [0.29, 0.717) is 5.76 Å². The summed E-state index contributed by atoms with van der Waals surface area (Å²) >= 11 is 0. The van der Waals surface area contributed by atoms with Crippen LogP contribution in [0.4, 0.5) is 0 Å². The zero-order valence-corrected chi connectivity index (χ0v) is 12.6. The van der Waals surface area contributed by atoms with Crippen molar-refractivity contribution in [1.82, 2.24) is 10.6 Å². The van der Waals surface area contributed by atoms with Crippen molar-refractivity contribution >= 4 is 11.9 Å². The van der Waals surface area contributed by atoms with Gasteiger partial charge in [-0.2, -0.15) is 0 Å². The van der Waals surface area contributed by atoms with Crippen LogP contribution in [0.1, 0.15) is 50.1 Å². The number of nitrogens with one attached hydrogen (secondary N) is 2. The van der Waals surface area contributed by atoms with Crippen LogP contribution in [0.3, 0.4) is 0 Å². The number of rotatable bonds is 5. The number of ether oxygens (including phenoxy) is 1. The average molecular weight is 282 g/mol. The molecule has 0 saturated carbocycles. The summed E-state index contributed by atoms with van der Waals surface area (Å²) in [5.74, 6) is 0.113. The fourth-order valence-electron chi connectivity index (χ4n) is 1.60. The molecule has 1 amide bonds. The molecule has 1 aromatic rings. The minimum atomic E-state index is -0.520. The highest BCUT2D eigenvalue weighted by molar-refractivity contribution is 5.86. The number of methoxy groups -OCH3 is 1. The van der Waals surface area contributed by atoms with Gasteiger partial charge in [-0.1, -0.05) is 0 Å². The van der Waals surface area contributed by atoms with E-state index in [1.165, 1.54) is 7.11 Å². The van der Waals surface area contributed by atoms with Crippen molar-refractivity contribution in [1.29, 1.82) is 0 Å². The van der Waals surface area contributed by atoms with E-state index in [1.54, 1.807) is 12.1 Å². The largest absolute Gasteiger partial charge is 0.463 e. The molecule has 1 aromatic heterocycles. The highest BCUT2D eigenvalue weighted by atomic mass is 16.5. The van der Waals surface area contributed by atoms with E-state index in [9.17, 15) is 9.59 Å². The normalized spacial score (nSPS) is 12.8. The fraction of sp³-hybridized carbons (Fsp3) is 0.571. The maximum absolute atomic E-state index is 11.7. The number of hydrogen-bond acceptors (Lipinski definition) is 5. The van der Waals surface area contributed by atoms with Crippen LogP contribution in [0.25, 0.3) is 0 Å². The van der Waals surface area contributed by atoms with Gasteiger partial charge >= 0.3 is 5.97 Å². The van der Waals surface area contributed by atoms with Crippen molar-refractivity contribution in [3.05, 3.63) is 23.7 Å². The van der Waals surface area contributed by atoms with Crippen LogP contribution in [0.5, 0.6) is 0 Å². The fourth-order valence-corrected chi connectivity index (χ4v) is 1.60. The van der Waals surface area contributed by atoms with Crippen molar-refractivity contribution in [3.63, 3.8) is 0 Å². The quantitative estimate of drug-likeness (QED) is 0.802. The SMILES string of the molecule is COC(=O)c1ccc(C(C)NCC(=O)NC(C)(C)C)o1. The number of hydrogen-bond donors (Lipinski definition) is 2. The van der Waals surface area contributed by atoms with E-state index in [1.807, 2.05) is 27.7 Å². The van der Waals surface area contributed by atoms with Gasteiger partial charge in [-0.3, -0.25) is 10.1 Å². The zero-order chi connectivity index (χ0) is 15.3. The number of carbonyl (C=O) groups is 2. The predicted molar refractivity (Wildman–Crippen MR) is 74.4 cm³/mol. The van der Waals surface area contributed by atoms with Gasteiger partial charge in [-0.15, -0.1) is 0 Å². The van der Waals surface area contributed by atoms with E-state index < -0.39 is 5.97 Å². The molecule has 1 unspecified atom stereocenters. The third-order valence-electron chi connectivity index (χ3n) is 2.52. The molecule has 0 aliphatic rings. The third-order valence-corrected chi connectivity index (χ3v) is 2.52. The Morgan fingerprint density at radius 1 is 1.35 bits per heavy atom. The number of amides is 1. The number of esters is 1. The van der Waals surface area contributed by atoms with Gasteiger partial charge in [0, 0.05) is 5.54 Å². The Kier molecular flexibility index (Phi) is 5.33. The lowest BCUT2D eigenvalue weighted by Crippen LogP contribution is -2.45. The molecule has 0 fully saturated rings. The minimum Gasteiger partial charge on any atom is -0.463 e. The van der Waals surface area contributed by atoms with Gasteiger partial charge in [-0.25, -0.2) is 4.79 Å². The Bertz CT molecular complexity index is 474. The predicted octanol–water partition coefficient (Wildman–Crippen LogP) is 1.63. The Morgan fingerprint density at radius 3 is 2.55 bits per heavy atom. The van der Waals surface area contributed by atoms with Crippen LogP contribution in [0.2, 0.25) is 0 Å². The van der Waals surface area contributed by atoms with Crippen LogP contribution >= 0.6 is 0 Å². The first-order chi connectivity index (χ1) is 9.23. The van der Waals surface area contributed by atoms with Crippen molar-refractivity contribution in [2.45, 2.75) is 39.3 Å². The third kappa shape index (κ3) is 5.05. The molecule has 0 aromatic carbocycles. The summed E-state index contributed by atoms with van der Waals surface area (Å²) in [7, 11) is 1.29. The van der Waals surface area contributed by atoms with Crippen LogP contribution in [-0.4, -0.2) is 31.1 Å². The standard InChI is InChI=1S/C14H22N2O4/c1-9(15-8-12(17)16-14(2,3)4)10-6-7-11(20-10)13(18)19-5/h6-7,9,15H,8H2,1-5H3,(H,16,17). The van der Waals surface area contributed by atoms with Crippen LogP contribution in [0.15, 0.2) is 16.5 Å². The van der Waals surface area contributed by atoms with E-state index in [-0.39, 0.29) is 29.8 Å². The van der Waals surface area contributed by atoms with Crippen molar-refractivity contribution in [2.24, 2.45) is 0 Å². The lowest BCUT2D eigenvalue weighted by Gasteiger charge is -2.21. The molecule has 1 rings (SSSR count). The molecule has 0 spiro atoms. The average Bonchev–Trinajstić information content (AvgIpc) is 2.82. The van der Waals surface area contributed by atoms with Gasteiger partial charge < -0.3 is 14.5 Å². The first-order valence-corrected chi connectivity index (χ1v) is 6.45. The van der Waals surface area contributed by atoms with Crippen LogP contribution < -0.4 is 10.6 Å². The molecule has 6 heteroatoms. The lowest BCUT2D eigenvalue weighted by molar-refractivity contribution is -0.121. The second-order valence-corrected chi connectivity index (χ2v) is 5.59. The summed E-state index contributed by atoms with van der Waals surface area (Å²) in [5.41, 5.74) is -0.259. The van der Waals surface area contributed by atoms with Gasteiger partial charge in [0.25, 0.3) is 0 Å². The summed E-state index contributed by atoms with van der Waals surface area (Å²) in [6.45, 7) is 7.79. The summed E-state index contributed by atoms with van der Waals surface area (Å²) in [4.78, 5) is 22.9. The molecule has 1 heterocycles. The minimum absolute atomic E-state index is 0.0934. The highest BCUT2D eigenvalue weighted by Crippen LogP contribution is 2.16. The summed E-state index contributed by atoms with van der Waals surface area (Å²) in [6, 6.07) is 3.05. The van der Waals surface area contributed by atoms with E-state index >= 15 is 0 Å². The van der Waals surface area contributed by atoms with E-state index in [0.717, 1.165) is 0 Å². The summed E-state index contributed by atoms with van der Waals surface area (Å²) in [5, 5.41) is 5.89. The summed E-state index contributed by atoms with van der Waals surface area (Å²) < 4.78 is 9.93. The maximum Gasteiger partial charge on any atom is 0.373 e. The Hall–Kier alpha value is -1.82. The van der Waals surface area contributed by atoms with Crippen LogP contribution in [-0.2, 0) is 9.53 Å². The van der Waals surface area contributed by atoms with Crippen molar-refractivity contribution in [2.75, 3.05) is 13.7 Å². The van der Waals surface area contributed by atoms with Crippen molar-refractivity contribution < 1.29 is 18.7 Å². The Labute approximate surface area is 118 Å². The number of carbonyl (C=O) groups excluding carboxylic acids is 2. The van der Waals surface area contributed by atoms with Crippen LogP contribution in [0, 0.1) is 0 Å². The summed E-state index contributed by atoms with van der Waals surface area (Å²) in [6.07, 6.45) is 0. The molecule has 2 N–H and O–H groups in total. The van der Waals surface area contributed by atoms with Gasteiger partial charge in [0.05, 0.1) is 19.7 Å². The monoisotopic (exact) mass is 282 g/mol. The topological polar surface area (TPSA) is 80.6 Å². The van der Waals surface area contributed by atoms with Gasteiger partial charge in [-0.05, 0) is 39.8 Å². The molecule has 112 valence electrons. The van der Waals surface area contributed by atoms with E-state index in [4.69, 9.17) is 4.42 Å². The smallest absolute Gasteiger partial charge is 0.373 e. The lowest BCUT2D eigenvalue weighted by atomic mass is 10.1. The number of furan rings is 1. The van der Waals surface area contributed by atoms with E-state index in [2.05, 4.69) is 15.4 Å². The second kappa shape index (κ2) is 6.56. The van der Waals surface area contributed by atoms with Gasteiger partial charge in [0.1, 0.15) is 5.76 Å². The molecule has 0 bridgehead atoms. The molecule has 0 radical (unpaired) electrons. The van der Waals surface area contributed by atoms with Gasteiger partial charge in [0.15, 0.2) is 0 Å². The molecule has 1 atom stereocenters. The first kappa shape index (κ1) is 16.2. The first-order valence-electron chi connectivity index (χ1n) is 6.45. The molecule has 6 nitrogen and oxygen atoms in total. The van der Waals surface area contributed by atoms with Gasteiger partial charge in [0.2, 0.25) is 11.7 Å². The molecule has 20 heavy (non-hydrogen) atoms.